The lowest BCUT2D eigenvalue weighted by molar-refractivity contribution is 0.0706. The van der Waals surface area contributed by atoms with Crippen LogP contribution in [0.4, 0.5) is 0 Å². The van der Waals surface area contributed by atoms with Crippen molar-refractivity contribution in [1.29, 1.82) is 0 Å². The molecule has 1 aliphatic rings. The number of aromatic nitrogens is 2. The molecular formula is C16H23N3O. The van der Waals surface area contributed by atoms with E-state index in [9.17, 15) is 0 Å². The molecule has 0 saturated carbocycles. The Labute approximate surface area is 120 Å². The highest BCUT2D eigenvalue weighted by Gasteiger charge is 2.14. The topological polar surface area (TPSA) is 39.1 Å². The minimum atomic E-state index is 0.517. The first-order valence-corrected chi connectivity index (χ1v) is 7.63. The number of hydrogen-bond acceptors (Lipinski definition) is 3. The summed E-state index contributed by atoms with van der Waals surface area (Å²) in [7, 11) is 0. The van der Waals surface area contributed by atoms with Crippen molar-refractivity contribution in [3.05, 3.63) is 30.1 Å². The lowest BCUT2D eigenvalue weighted by Gasteiger charge is -2.23. The zero-order chi connectivity index (χ0) is 13.8. The summed E-state index contributed by atoms with van der Waals surface area (Å²) in [6.45, 7) is 5.90. The molecule has 108 valence electrons. The van der Waals surface area contributed by atoms with Crippen LogP contribution in [0.1, 0.15) is 25.6 Å². The summed E-state index contributed by atoms with van der Waals surface area (Å²) in [6.07, 6.45) is 3.37. The van der Waals surface area contributed by atoms with Crippen LogP contribution in [0.25, 0.3) is 11.0 Å². The van der Waals surface area contributed by atoms with E-state index in [1.807, 2.05) is 0 Å². The lowest BCUT2D eigenvalue weighted by atomic mass is 10.1. The third-order valence-electron chi connectivity index (χ3n) is 3.99. The molecular weight excluding hydrogens is 250 g/mol. The maximum atomic E-state index is 5.49. The summed E-state index contributed by atoms with van der Waals surface area (Å²) in [5.41, 5.74) is 2.34. The number of para-hydroxylation sites is 2. The van der Waals surface area contributed by atoms with Gasteiger partial charge in [0.1, 0.15) is 5.82 Å². The molecule has 0 aliphatic carbocycles. The number of imidazole rings is 1. The second kappa shape index (κ2) is 6.37. The molecule has 0 unspecified atom stereocenters. The van der Waals surface area contributed by atoms with Crippen molar-refractivity contribution in [2.24, 2.45) is 0 Å². The standard InChI is InChI=1S/C16H23N3O/c1-2-19-15-8-4-3-7-14(15)18-16(19)9-10-17-13-6-5-11-20-12-13/h3-4,7-8,13,17H,2,5-6,9-12H2,1H3/t13-/m0/s1. The Kier molecular flexibility index (Phi) is 4.33. The largest absolute Gasteiger partial charge is 0.380 e. The first kappa shape index (κ1) is 13.6. The van der Waals surface area contributed by atoms with Crippen LogP contribution in [0.15, 0.2) is 24.3 Å². The van der Waals surface area contributed by atoms with Crippen LogP contribution in [-0.2, 0) is 17.7 Å². The van der Waals surface area contributed by atoms with Gasteiger partial charge in [0.2, 0.25) is 0 Å². The van der Waals surface area contributed by atoms with Gasteiger partial charge in [0.15, 0.2) is 0 Å². The Hall–Kier alpha value is -1.39. The van der Waals surface area contributed by atoms with E-state index in [-0.39, 0.29) is 0 Å². The normalized spacial score (nSPS) is 19.6. The van der Waals surface area contributed by atoms with Gasteiger partial charge in [-0.2, -0.15) is 0 Å². The molecule has 1 aliphatic heterocycles. The molecule has 20 heavy (non-hydrogen) atoms. The maximum absolute atomic E-state index is 5.49. The molecule has 0 spiro atoms. The van der Waals surface area contributed by atoms with Crippen molar-refractivity contribution in [3.8, 4) is 0 Å². The summed E-state index contributed by atoms with van der Waals surface area (Å²) in [4.78, 5) is 4.76. The number of hydrogen-bond donors (Lipinski definition) is 1. The van der Waals surface area contributed by atoms with Crippen molar-refractivity contribution in [3.63, 3.8) is 0 Å². The van der Waals surface area contributed by atoms with Gasteiger partial charge in [-0.25, -0.2) is 4.98 Å². The van der Waals surface area contributed by atoms with Gasteiger partial charge in [-0.15, -0.1) is 0 Å². The molecule has 1 fully saturated rings. The average molecular weight is 273 g/mol. The van der Waals surface area contributed by atoms with E-state index >= 15 is 0 Å². The van der Waals surface area contributed by atoms with Gasteiger partial charge in [0.05, 0.1) is 17.6 Å². The Balaban J connectivity index is 1.64. The summed E-state index contributed by atoms with van der Waals surface area (Å²) < 4.78 is 7.81. The fourth-order valence-electron chi connectivity index (χ4n) is 2.96. The van der Waals surface area contributed by atoms with Crippen molar-refractivity contribution in [2.45, 2.75) is 38.8 Å². The Bertz CT molecular complexity index is 558. The molecule has 1 aromatic carbocycles. The molecule has 2 aromatic rings. The minimum absolute atomic E-state index is 0.517. The number of nitrogens with one attached hydrogen (secondary N) is 1. The molecule has 0 amide bonds. The van der Waals surface area contributed by atoms with E-state index in [0.29, 0.717) is 6.04 Å². The Morgan fingerprint density at radius 2 is 2.30 bits per heavy atom. The van der Waals surface area contributed by atoms with Gasteiger partial charge in [0, 0.05) is 32.2 Å². The first-order valence-electron chi connectivity index (χ1n) is 7.63. The lowest BCUT2D eigenvalue weighted by Crippen LogP contribution is -2.38. The van der Waals surface area contributed by atoms with Gasteiger partial charge in [0.25, 0.3) is 0 Å². The molecule has 2 heterocycles. The van der Waals surface area contributed by atoms with Gasteiger partial charge < -0.3 is 14.6 Å². The van der Waals surface area contributed by atoms with E-state index in [2.05, 4.69) is 41.1 Å². The smallest absolute Gasteiger partial charge is 0.111 e. The quantitative estimate of drug-likeness (QED) is 0.909. The second-order valence-corrected chi connectivity index (χ2v) is 5.38. The Morgan fingerprint density at radius 3 is 3.10 bits per heavy atom. The van der Waals surface area contributed by atoms with Crippen molar-refractivity contribution in [2.75, 3.05) is 19.8 Å². The van der Waals surface area contributed by atoms with Gasteiger partial charge in [-0.3, -0.25) is 0 Å². The fraction of sp³-hybridized carbons (Fsp3) is 0.562. The maximum Gasteiger partial charge on any atom is 0.111 e. The highest BCUT2D eigenvalue weighted by Crippen LogP contribution is 2.16. The number of aryl methyl sites for hydroxylation is 1. The van der Waals surface area contributed by atoms with Crippen LogP contribution in [0, 0.1) is 0 Å². The van der Waals surface area contributed by atoms with Crippen molar-refractivity contribution >= 4 is 11.0 Å². The van der Waals surface area contributed by atoms with Crippen LogP contribution in [0.2, 0.25) is 0 Å². The van der Waals surface area contributed by atoms with Gasteiger partial charge in [-0.1, -0.05) is 12.1 Å². The van der Waals surface area contributed by atoms with Crippen molar-refractivity contribution in [1.82, 2.24) is 14.9 Å². The predicted octanol–water partition coefficient (Wildman–Crippen LogP) is 2.37. The monoisotopic (exact) mass is 273 g/mol. The summed E-state index contributed by atoms with van der Waals surface area (Å²) in [5.74, 6) is 1.18. The molecule has 1 saturated heterocycles. The molecule has 1 N–H and O–H groups in total. The summed E-state index contributed by atoms with van der Waals surface area (Å²) in [5, 5.41) is 3.59. The van der Waals surface area contributed by atoms with E-state index in [1.54, 1.807) is 0 Å². The third kappa shape index (κ3) is 2.86. The van der Waals surface area contributed by atoms with E-state index in [1.165, 1.54) is 24.2 Å². The fourth-order valence-corrected chi connectivity index (χ4v) is 2.96. The number of nitrogens with zero attached hydrogens (tertiary/aromatic N) is 2. The minimum Gasteiger partial charge on any atom is -0.380 e. The number of ether oxygens (including phenoxy) is 1. The van der Waals surface area contributed by atoms with Gasteiger partial charge in [-0.05, 0) is 31.9 Å². The Morgan fingerprint density at radius 1 is 1.40 bits per heavy atom. The van der Waals surface area contributed by atoms with Crippen LogP contribution in [0.5, 0.6) is 0 Å². The zero-order valence-corrected chi connectivity index (χ0v) is 12.1. The van der Waals surface area contributed by atoms with Crippen LogP contribution in [0.3, 0.4) is 0 Å². The highest BCUT2D eigenvalue weighted by atomic mass is 16.5. The van der Waals surface area contributed by atoms with Crippen LogP contribution in [-0.4, -0.2) is 35.4 Å². The first-order chi connectivity index (χ1) is 9.88. The summed E-state index contributed by atoms with van der Waals surface area (Å²) >= 11 is 0. The molecule has 1 aromatic heterocycles. The number of benzene rings is 1. The molecule has 0 radical (unpaired) electrons. The van der Waals surface area contributed by atoms with Crippen LogP contribution < -0.4 is 5.32 Å². The molecule has 3 rings (SSSR count). The molecule has 4 heteroatoms. The molecule has 0 bridgehead atoms. The van der Waals surface area contributed by atoms with Crippen LogP contribution >= 0.6 is 0 Å². The van der Waals surface area contributed by atoms with E-state index in [0.717, 1.165) is 38.2 Å². The molecule has 1 atom stereocenters. The van der Waals surface area contributed by atoms with E-state index in [4.69, 9.17) is 9.72 Å². The predicted molar refractivity (Wildman–Crippen MR) is 81.0 cm³/mol. The molecule has 4 nitrogen and oxygen atoms in total. The highest BCUT2D eigenvalue weighted by molar-refractivity contribution is 5.75. The van der Waals surface area contributed by atoms with E-state index < -0.39 is 0 Å². The number of rotatable bonds is 5. The average Bonchev–Trinajstić information content (AvgIpc) is 2.86. The summed E-state index contributed by atoms with van der Waals surface area (Å²) in [6, 6.07) is 8.89. The zero-order valence-electron chi connectivity index (χ0n) is 12.1. The van der Waals surface area contributed by atoms with Crippen molar-refractivity contribution < 1.29 is 4.74 Å². The SMILES string of the molecule is CCn1c(CCN[C@H]2CCCOC2)nc2ccccc21. The second-order valence-electron chi connectivity index (χ2n) is 5.38. The van der Waals surface area contributed by atoms with Gasteiger partial charge >= 0.3 is 0 Å². The number of fused-ring (bicyclic) bond motifs is 1. The third-order valence-corrected chi connectivity index (χ3v) is 3.99.